The summed E-state index contributed by atoms with van der Waals surface area (Å²) in [5.41, 5.74) is 3.85. The zero-order chi connectivity index (χ0) is 22.2. The van der Waals surface area contributed by atoms with E-state index >= 15 is 0 Å². The van der Waals surface area contributed by atoms with Crippen molar-refractivity contribution in [3.63, 3.8) is 0 Å². The highest BCUT2D eigenvalue weighted by Gasteiger charge is 2.23. The third kappa shape index (κ3) is 6.19. The molecule has 0 bridgehead atoms. The minimum absolute atomic E-state index is 0.0673. The average molecular weight is 417 g/mol. The van der Waals surface area contributed by atoms with Gasteiger partial charge in [0.25, 0.3) is 0 Å². The van der Waals surface area contributed by atoms with Crippen LogP contribution in [-0.4, -0.2) is 18.9 Å². The molecule has 5 heteroatoms. The predicted octanol–water partition coefficient (Wildman–Crippen LogP) is 4.80. The Kier molecular flexibility index (Phi) is 7.44. The summed E-state index contributed by atoms with van der Waals surface area (Å²) in [6, 6.07) is 24.8. The Hall–Kier alpha value is -3.60. The van der Waals surface area contributed by atoms with Gasteiger partial charge in [0.15, 0.2) is 0 Å². The first kappa shape index (κ1) is 22.1. The molecular formula is C26H28N2O3. The third-order valence-electron chi connectivity index (χ3n) is 5.10. The maximum atomic E-state index is 13.5. The van der Waals surface area contributed by atoms with Gasteiger partial charge in [-0.25, -0.2) is 0 Å². The van der Waals surface area contributed by atoms with Crippen LogP contribution in [0.1, 0.15) is 36.1 Å². The summed E-state index contributed by atoms with van der Waals surface area (Å²) in [6.45, 7) is 3.93. The molecule has 0 fully saturated rings. The number of nitrogens with zero attached hydrogens (tertiary/aromatic N) is 1. The maximum absolute atomic E-state index is 13.5. The Morgan fingerprint density at radius 2 is 1.58 bits per heavy atom. The van der Waals surface area contributed by atoms with E-state index < -0.39 is 6.04 Å². The number of anilines is 1. The zero-order valence-corrected chi connectivity index (χ0v) is 18.2. The van der Waals surface area contributed by atoms with Crippen LogP contribution in [0.2, 0.25) is 0 Å². The number of amides is 2. The maximum Gasteiger partial charge on any atom is 0.229 e. The van der Waals surface area contributed by atoms with Crippen molar-refractivity contribution >= 4 is 17.5 Å². The Labute approximate surface area is 183 Å². The third-order valence-corrected chi connectivity index (χ3v) is 5.10. The Morgan fingerprint density at radius 1 is 0.935 bits per heavy atom. The molecule has 0 spiro atoms. The van der Waals surface area contributed by atoms with E-state index in [1.807, 2.05) is 85.8 Å². The number of hydrogen-bond acceptors (Lipinski definition) is 3. The van der Waals surface area contributed by atoms with Gasteiger partial charge in [0.1, 0.15) is 5.75 Å². The van der Waals surface area contributed by atoms with Crippen LogP contribution >= 0.6 is 0 Å². The lowest BCUT2D eigenvalue weighted by atomic mass is 10.0. The summed E-state index contributed by atoms with van der Waals surface area (Å²) >= 11 is 0. The smallest absolute Gasteiger partial charge is 0.229 e. The number of ether oxygens (including phenoxy) is 1. The van der Waals surface area contributed by atoms with Crippen LogP contribution in [0, 0.1) is 6.92 Å². The highest BCUT2D eigenvalue weighted by Crippen LogP contribution is 2.25. The summed E-state index contributed by atoms with van der Waals surface area (Å²) in [5.74, 6) is 0.475. The molecule has 3 aromatic rings. The van der Waals surface area contributed by atoms with Crippen molar-refractivity contribution in [3.8, 4) is 5.75 Å². The van der Waals surface area contributed by atoms with Crippen LogP contribution < -0.4 is 15.0 Å². The predicted molar refractivity (Wildman–Crippen MR) is 123 cm³/mol. The minimum Gasteiger partial charge on any atom is -0.497 e. The summed E-state index contributed by atoms with van der Waals surface area (Å²) < 4.78 is 5.22. The number of carbonyl (C=O) groups is 2. The molecule has 2 amide bonds. The van der Waals surface area contributed by atoms with Gasteiger partial charge in [-0.1, -0.05) is 60.2 Å². The van der Waals surface area contributed by atoms with Crippen molar-refractivity contribution in [2.24, 2.45) is 0 Å². The molecule has 3 aromatic carbocycles. The van der Waals surface area contributed by atoms with Crippen molar-refractivity contribution in [2.45, 2.75) is 32.9 Å². The van der Waals surface area contributed by atoms with E-state index in [-0.39, 0.29) is 18.2 Å². The van der Waals surface area contributed by atoms with E-state index in [0.717, 1.165) is 28.1 Å². The van der Waals surface area contributed by atoms with Gasteiger partial charge < -0.3 is 15.0 Å². The van der Waals surface area contributed by atoms with Gasteiger partial charge in [-0.3, -0.25) is 9.59 Å². The molecule has 1 atom stereocenters. The van der Waals surface area contributed by atoms with Crippen molar-refractivity contribution in [1.29, 1.82) is 0 Å². The fourth-order valence-electron chi connectivity index (χ4n) is 3.43. The number of rotatable bonds is 8. The second-order valence-corrected chi connectivity index (χ2v) is 7.53. The molecule has 0 aliphatic carbocycles. The second kappa shape index (κ2) is 10.4. The van der Waals surface area contributed by atoms with Crippen molar-refractivity contribution in [2.75, 3.05) is 12.0 Å². The molecule has 0 radical (unpaired) electrons. The molecule has 0 saturated carbocycles. The fraction of sp³-hybridized carbons (Fsp3) is 0.231. The molecule has 0 aromatic heterocycles. The Balaban J connectivity index is 1.88. The molecular weight excluding hydrogens is 388 g/mol. The van der Waals surface area contributed by atoms with Crippen molar-refractivity contribution < 1.29 is 14.3 Å². The molecule has 160 valence electrons. The van der Waals surface area contributed by atoms with E-state index in [0.29, 0.717) is 6.54 Å². The highest BCUT2D eigenvalue weighted by molar-refractivity contribution is 5.94. The number of methoxy groups -OCH3 is 1. The van der Waals surface area contributed by atoms with E-state index in [2.05, 4.69) is 5.32 Å². The number of carbonyl (C=O) groups excluding carboxylic acids is 2. The van der Waals surface area contributed by atoms with Crippen LogP contribution in [0.4, 0.5) is 5.69 Å². The minimum atomic E-state index is -0.431. The first-order valence-corrected chi connectivity index (χ1v) is 10.3. The second-order valence-electron chi connectivity index (χ2n) is 7.53. The number of benzene rings is 3. The summed E-state index contributed by atoms with van der Waals surface area (Å²) in [5, 5.41) is 2.92. The van der Waals surface area contributed by atoms with E-state index in [9.17, 15) is 9.59 Å². The van der Waals surface area contributed by atoms with Gasteiger partial charge in [0, 0.05) is 12.6 Å². The van der Waals surface area contributed by atoms with Crippen LogP contribution in [0.5, 0.6) is 5.75 Å². The van der Waals surface area contributed by atoms with Crippen LogP contribution in [-0.2, 0) is 16.1 Å². The normalized spacial score (nSPS) is 11.5. The molecule has 0 heterocycles. The largest absolute Gasteiger partial charge is 0.497 e. The molecule has 0 aliphatic heterocycles. The lowest BCUT2D eigenvalue weighted by molar-refractivity contribution is -0.121. The Morgan fingerprint density at radius 3 is 2.16 bits per heavy atom. The van der Waals surface area contributed by atoms with Crippen molar-refractivity contribution in [3.05, 3.63) is 95.6 Å². The topological polar surface area (TPSA) is 58.6 Å². The first-order valence-electron chi connectivity index (χ1n) is 10.3. The van der Waals surface area contributed by atoms with Gasteiger partial charge in [-0.15, -0.1) is 0 Å². The highest BCUT2D eigenvalue weighted by atomic mass is 16.5. The summed E-state index contributed by atoms with van der Waals surface area (Å²) in [7, 11) is 1.60. The van der Waals surface area contributed by atoms with E-state index in [1.54, 1.807) is 12.0 Å². The van der Waals surface area contributed by atoms with E-state index in [1.165, 1.54) is 6.92 Å². The van der Waals surface area contributed by atoms with Crippen LogP contribution in [0.25, 0.3) is 0 Å². The molecule has 5 nitrogen and oxygen atoms in total. The molecule has 31 heavy (non-hydrogen) atoms. The number of hydrogen-bond donors (Lipinski definition) is 1. The standard InChI is InChI=1S/C26H28N2O3/c1-19-9-13-23(14-10-19)28(18-21-7-5-4-6-8-21)26(30)17-25(27-20(2)29)22-11-15-24(31-3)16-12-22/h4-16,25H,17-18H2,1-3H3,(H,27,29)/t25-/m0/s1. The van der Waals surface area contributed by atoms with Gasteiger partial charge in [0.2, 0.25) is 11.8 Å². The average Bonchev–Trinajstić information content (AvgIpc) is 2.78. The van der Waals surface area contributed by atoms with Crippen LogP contribution in [0.15, 0.2) is 78.9 Å². The first-order chi connectivity index (χ1) is 15.0. The number of aryl methyl sites for hydroxylation is 1. The van der Waals surface area contributed by atoms with Crippen LogP contribution in [0.3, 0.4) is 0 Å². The zero-order valence-electron chi connectivity index (χ0n) is 18.2. The quantitative estimate of drug-likeness (QED) is 0.574. The molecule has 0 aliphatic rings. The molecule has 1 N–H and O–H groups in total. The van der Waals surface area contributed by atoms with E-state index in [4.69, 9.17) is 4.74 Å². The number of nitrogens with one attached hydrogen (secondary N) is 1. The fourth-order valence-corrected chi connectivity index (χ4v) is 3.43. The van der Waals surface area contributed by atoms with Crippen molar-refractivity contribution in [1.82, 2.24) is 5.32 Å². The SMILES string of the molecule is COc1ccc([C@H](CC(=O)N(Cc2ccccc2)c2ccc(C)cc2)NC(C)=O)cc1. The van der Waals surface area contributed by atoms with Gasteiger partial charge in [0.05, 0.1) is 26.1 Å². The summed E-state index contributed by atoms with van der Waals surface area (Å²) in [4.78, 5) is 27.1. The molecule has 0 unspecified atom stereocenters. The monoisotopic (exact) mass is 416 g/mol. The van der Waals surface area contributed by atoms with Gasteiger partial charge >= 0.3 is 0 Å². The lowest BCUT2D eigenvalue weighted by Crippen LogP contribution is -2.35. The van der Waals surface area contributed by atoms with Gasteiger partial charge in [-0.05, 0) is 42.3 Å². The van der Waals surface area contributed by atoms with Gasteiger partial charge in [-0.2, -0.15) is 0 Å². The Bertz CT molecular complexity index is 999. The lowest BCUT2D eigenvalue weighted by Gasteiger charge is -2.26. The summed E-state index contributed by atoms with van der Waals surface area (Å²) in [6.07, 6.45) is 0.145. The molecule has 3 rings (SSSR count). The molecule has 0 saturated heterocycles.